The van der Waals surface area contributed by atoms with Crippen LogP contribution >= 0.6 is 11.6 Å². The third kappa shape index (κ3) is 5.32. The summed E-state index contributed by atoms with van der Waals surface area (Å²) in [6.45, 7) is 1.90. The van der Waals surface area contributed by atoms with Gasteiger partial charge in [-0.15, -0.1) is 0 Å². The van der Waals surface area contributed by atoms with Crippen LogP contribution in [0.5, 0.6) is 0 Å². The van der Waals surface area contributed by atoms with Gasteiger partial charge in [0.25, 0.3) is 6.29 Å². The average molecular weight is 486 g/mol. The Morgan fingerprint density at radius 3 is 2.26 bits per heavy atom. The molecule has 0 radical (unpaired) electrons. The number of aromatic nitrogens is 2. The molecule has 1 aliphatic rings. The minimum Gasteiger partial charge on any atom is -0.376 e. The van der Waals surface area contributed by atoms with Gasteiger partial charge in [0.05, 0.1) is 24.3 Å². The van der Waals surface area contributed by atoms with Crippen LogP contribution in [-0.4, -0.2) is 67.8 Å². The van der Waals surface area contributed by atoms with E-state index < -0.39 is 12.4 Å². The van der Waals surface area contributed by atoms with Gasteiger partial charge < -0.3 is 28.4 Å². The fourth-order valence-electron chi connectivity index (χ4n) is 4.02. The molecular weight excluding hydrogens is 458 g/mol. The highest BCUT2D eigenvalue weighted by atomic mass is 35.5. The number of methoxy groups -OCH3 is 3. The van der Waals surface area contributed by atoms with Crippen LogP contribution < -0.4 is 0 Å². The van der Waals surface area contributed by atoms with E-state index in [-0.39, 0.29) is 18.3 Å². The maximum atomic E-state index is 5.97. The van der Waals surface area contributed by atoms with Gasteiger partial charge in [0.2, 0.25) is 0 Å². The predicted octanol–water partition coefficient (Wildman–Crippen LogP) is 4.33. The van der Waals surface area contributed by atoms with Crippen molar-refractivity contribution in [3.05, 3.63) is 71.6 Å². The normalized spacial score (nSPS) is 25.0. The van der Waals surface area contributed by atoms with E-state index in [2.05, 4.69) is 10.1 Å². The number of imidazole rings is 1. The lowest BCUT2D eigenvalue weighted by Gasteiger charge is -2.42. The molecule has 3 aromatic rings. The second-order valence-corrected chi connectivity index (χ2v) is 8.35. The molecule has 180 valence electrons. The van der Waals surface area contributed by atoms with Gasteiger partial charge in [0.15, 0.2) is 6.10 Å². The van der Waals surface area contributed by atoms with Crippen LogP contribution in [-0.2, 0) is 23.8 Å². The summed E-state index contributed by atoms with van der Waals surface area (Å²) in [6.07, 6.45) is 3.32. The quantitative estimate of drug-likeness (QED) is 0.349. The van der Waals surface area contributed by atoms with Gasteiger partial charge >= 0.3 is 0 Å². The topological polar surface area (TPSA) is 76.3 Å². The maximum absolute atomic E-state index is 5.97. The monoisotopic (exact) mass is 485 g/mol. The first-order chi connectivity index (χ1) is 16.5. The molecule has 0 saturated carbocycles. The van der Waals surface area contributed by atoms with Gasteiger partial charge in [0.1, 0.15) is 12.2 Å². The zero-order valence-corrected chi connectivity index (χ0v) is 20.3. The number of hydrogen-bond donors (Lipinski definition) is 0. The molecule has 2 aromatic carbocycles. The van der Waals surface area contributed by atoms with Crippen molar-refractivity contribution in [2.24, 2.45) is 5.16 Å². The zero-order chi connectivity index (χ0) is 24.1. The fraction of sp³-hybridized carbons (Fsp3) is 0.360. The number of nitrogens with zero attached hydrogens (tertiary/aromatic N) is 3. The number of halogens is 1. The van der Waals surface area contributed by atoms with Crippen molar-refractivity contribution in [3.63, 3.8) is 0 Å². The van der Waals surface area contributed by atoms with Crippen LogP contribution in [0.1, 0.15) is 12.5 Å². The summed E-state index contributed by atoms with van der Waals surface area (Å²) in [5, 5.41) is 4.81. The van der Waals surface area contributed by atoms with Crippen molar-refractivity contribution in [2.45, 2.75) is 37.6 Å². The predicted molar refractivity (Wildman–Crippen MR) is 129 cm³/mol. The molecule has 1 saturated heterocycles. The van der Waals surface area contributed by atoms with Crippen LogP contribution in [0.4, 0.5) is 0 Å². The van der Waals surface area contributed by atoms with E-state index in [0.717, 1.165) is 22.5 Å². The van der Waals surface area contributed by atoms with Crippen LogP contribution in [0.3, 0.4) is 0 Å². The number of oxime groups is 1. The molecule has 1 aliphatic heterocycles. The smallest absolute Gasteiger partial charge is 0.256 e. The molecule has 2 heterocycles. The Bertz CT molecular complexity index is 1090. The molecule has 0 N–H and O–H groups in total. The Hall–Kier alpha value is -2.75. The summed E-state index contributed by atoms with van der Waals surface area (Å²) >= 11 is 5.97. The Morgan fingerprint density at radius 1 is 0.941 bits per heavy atom. The largest absolute Gasteiger partial charge is 0.376 e. The van der Waals surface area contributed by atoms with Crippen molar-refractivity contribution in [3.8, 4) is 16.9 Å². The van der Waals surface area contributed by atoms with Gasteiger partial charge in [-0.3, -0.25) is 0 Å². The third-order valence-corrected chi connectivity index (χ3v) is 6.08. The van der Waals surface area contributed by atoms with Crippen molar-refractivity contribution in [1.29, 1.82) is 0 Å². The van der Waals surface area contributed by atoms with Gasteiger partial charge in [-0.2, -0.15) is 0 Å². The SMILES string of the molecule is CO[C@@H]1[C@@H](OC)[C@H](C)O[C@@H](O/N=C/c2ccc(-c3cn(-c4ccc(Cl)cc4)cn3)cc2)[C@@H]1OC. The van der Waals surface area contributed by atoms with E-state index >= 15 is 0 Å². The van der Waals surface area contributed by atoms with Crippen LogP contribution in [0, 0.1) is 0 Å². The summed E-state index contributed by atoms with van der Waals surface area (Å²) in [4.78, 5) is 10.1. The van der Waals surface area contributed by atoms with E-state index in [1.807, 2.05) is 66.2 Å². The van der Waals surface area contributed by atoms with Gasteiger partial charge in [0, 0.05) is 43.8 Å². The number of hydrogen-bond acceptors (Lipinski definition) is 7. The summed E-state index contributed by atoms with van der Waals surface area (Å²) in [5.74, 6) is 0. The minimum absolute atomic E-state index is 0.242. The summed E-state index contributed by atoms with van der Waals surface area (Å²) < 4.78 is 24.5. The number of rotatable bonds is 8. The standard InChI is InChI=1S/C25H28ClN3O5/c1-16-22(30-2)23(31-3)24(32-4)25(33-16)34-28-13-17-5-7-18(8-6-17)21-14-29(15-27-21)20-11-9-19(26)10-12-20/h5-16,22-25H,1-4H3/b28-13+/t16-,22-,23+,24+,25-/m0/s1. The lowest BCUT2D eigenvalue weighted by molar-refractivity contribution is -0.305. The summed E-state index contributed by atoms with van der Waals surface area (Å²) in [6, 6.07) is 15.5. The van der Waals surface area contributed by atoms with Gasteiger partial charge in [-0.1, -0.05) is 41.0 Å². The molecule has 1 aromatic heterocycles. The Kier molecular flexibility index (Phi) is 7.97. The van der Waals surface area contributed by atoms with Crippen molar-refractivity contribution in [2.75, 3.05) is 21.3 Å². The zero-order valence-electron chi connectivity index (χ0n) is 19.5. The molecule has 1 fully saturated rings. The Balaban J connectivity index is 1.40. The lowest BCUT2D eigenvalue weighted by atomic mass is 9.99. The second kappa shape index (κ2) is 11.1. The van der Waals surface area contributed by atoms with Gasteiger partial charge in [-0.05, 0) is 36.8 Å². The van der Waals surface area contributed by atoms with Crippen molar-refractivity contribution in [1.82, 2.24) is 9.55 Å². The molecule has 0 amide bonds. The van der Waals surface area contributed by atoms with Crippen LogP contribution in [0.2, 0.25) is 5.02 Å². The highest BCUT2D eigenvalue weighted by molar-refractivity contribution is 6.30. The van der Waals surface area contributed by atoms with Crippen molar-refractivity contribution >= 4 is 17.8 Å². The molecule has 9 heteroatoms. The van der Waals surface area contributed by atoms with E-state index in [1.54, 1.807) is 33.9 Å². The molecule has 4 rings (SSSR count). The first-order valence-corrected chi connectivity index (χ1v) is 11.2. The maximum Gasteiger partial charge on any atom is 0.256 e. The van der Waals surface area contributed by atoms with E-state index in [9.17, 15) is 0 Å². The lowest BCUT2D eigenvalue weighted by Crippen LogP contribution is -2.59. The first kappa shape index (κ1) is 24.4. The average Bonchev–Trinajstić information content (AvgIpc) is 3.35. The molecule has 0 aliphatic carbocycles. The van der Waals surface area contributed by atoms with Gasteiger partial charge in [-0.25, -0.2) is 4.98 Å². The molecule has 0 spiro atoms. The highest BCUT2D eigenvalue weighted by Crippen LogP contribution is 2.27. The molecule has 8 nitrogen and oxygen atoms in total. The molecule has 5 atom stereocenters. The summed E-state index contributed by atoms with van der Waals surface area (Å²) in [7, 11) is 4.81. The van der Waals surface area contributed by atoms with E-state index in [0.29, 0.717) is 5.02 Å². The molecular formula is C25H28ClN3O5. The van der Waals surface area contributed by atoms with E-state index in [1.165, 1.54) is 0 Å². The summed E-state index contributed by atoms with van der Waals surface area (Å²) in [5.41, 5.74) is 3.71. The minimum atomic E-state index is -0.719. The van der Waals surface area contributed by atoms with Crippen molar-refractivity contribution < 1.29 is 23.8 Å². The first-order valence-electron chi connectivity index (χ1n) is 10.9. The van der Waals surface area contributed by atoms with Crippen LogP contribution in [0.15, 0.2) is 66.2 Å². The van der Waals surface area contributed by atoms with Crippen LogP contribution in [0.25, 0.3) is 16.9 Å². The highest BCUT2D eigenvalue weighted by Gasteiger charge is 2.46. The molecule has 0 bridgehead atoms. The van der Waals surface area contributed by atoms with E-state index in [4.69, 9.17) is 35.4 Å². The fourth-order valence-corrected chi connectivity index (χ4v) is 4.14. The molecule has 0 unspecified atom stereocenters. The number of ether oxygens (including phenoxy) is 4. The number of benzene rings is 2. The third-order valence-electron chi connectivity index (χ3n) is 5.82. The Morgan fingerprint density at radius 2 is 1.62 bits per heavy atom. The second-order valence-electron chi connectivity index (χ2n) is 7.92. The molecule has 34 heavy (non-hydrogen) atoms. The Labute approximate surface area is 204 Å².